The molecule has 0 N–H and O–H groups in total. The fourth-order valence-corrected chi connectivity index (χ4v) is 2.21. The zero-order valence-corrected chi connectivity index (χ0v) is 13.0. The van der Waals surface area contributed by atoms with E-state index < -0.39 is 11.6 Å². The summed E-state index contributed by atoms with van der Waals surface area (Å²) in [5, 5.41) is 8.12. The van der Waals surface area contributed by atoms with Gasteiger partial charge in [-0.05, 0) is 58.8 Å². The van der Waals surface area contributed by atoms with Gasteiger partial charge in [0.1, 0.15) is 0 Å². The topological polar surface area (TPSA) is 73.1 Å². The molecule has 0 aliphatic carbocycles. The van der Waals surface area contributed by atoms with E-state index in [-0.39, 0.29) is 11.4 Å². The first-order valence-corrected chi connectivity index (χ1v) is 7.25. The molecule has 5 nitrogen and oxygen atoms in total. The molecule has 7 heteroatoms. The molecule has 1 aromatic heterocycles. The Balaban J connectivity index is 1.96. The van der Waals surface area contributed by atoms with Crippen LogP contribution in [0.1, 0.15) is 32.1 Å². The second-order valence-corrected chi connectivity index (χ2v) is 5.51. The number of nitrogens with zero attached hydrogens (tertiary/aromatic N) is 2. The first-order valence-electron chi connectivity index (χ1n) is 6.49. The van der Waals surface area contributed by atoms with Crippen LogP contribution in [0.3, 0.4) is 0 Å². The van der Waals surface area contributed by atoms with Crippen molar-refractivity contribution in [2.24, 2.45) is 0 Å². The number of carbonyl (C=O) groups is 2. The van der Waals surface area contributed by atoms with Crippen LogP contribution in [-0.2, 0) is 0 Å². The van der Waals surface area contributed by atoms with Crippen molar-refractivity contribution >= 4 is 34.8 Å². The number of hydrogen-bond acceptors (Lipinski definition) is 5. The molecule has 0 unspecified atom stereocenters. The number of halogens is 2. The summed E-state index contributed by atoms with van der Waals surface area (Å²) in [6.07, 6.45) is 0. The summed E-state index contributed by atoms with van der Waals surface area (Å²) in [4.78, 5) is 24.9. The summed E-state index contributed by atoms with van der Waals surface area (Å²) in [6.45, 7) is 0. The molecule has 3 aromatic rings. The van der Waals surface area contributed by atoms with Gasteiger partial charge in [0.2, 0.25) is 11.6 Å². The highest BCUT2D eigenvalue weighted by Crippen LogP contribution is 2.18. The molecular weight excluding hydrogens is 339 g/mol. The zero-order chi connectivity index (χ0) is 16.4. The molecule has 114 valence electrons. The summed E-state index contributed by atoms with van der Waals surface area (Å²) >= 11 is 11.6. The summed E-state index contributed by atoms with van der Waals surface area (Å²) < 4.78 is 4.58. The van der Waals surface area contributed by atoms with Gasteiger partial charge >= 0.3 is 0 Å². The summed E-state index contributed by atoms with van der Waals surface area (Å²) in [7, 11) is 0. The lowest BCUT2D eigenvalue weighted by atomic mass is 10.0. The molecule has 0 radical (unpaired) electrons. The first-order chi connectivity index (χ1) is 11.1. The van der Waals surface area contributed by atoms with Crippen LogP contribution in [0.25, 0.3) is 0 Å². The quantitative estimate of drug-likeness (QED) is 0.671. The average Bonchev–Trinajstić information content (AvgIpc) is 3.04. The van der Waals surface area contributed by atoms with E-state index in [9.17, 15) is 9.59 Å². The predicted octanol–water partition coefficient (Wildman–Crippen LogP) is 3.84. The maximum absolute atomic E-state index is 12.5. The van der Waals surface area contributed by atoms with Gasteiger partial charge in [-0.25, -0.2) is 4.63 Å². The van der Waals surface area contributed by atoms with E-state index in [1.807, 2.05) is 0 Å². The summed E-state index contributed by atoms with van der Waals surface area (Å²) in [5.74, 6) is -0.944. The van der Waals surface area contributed by atoms with Crippen molar-refractivity contribution in [2.75, 3.05) is 0 Å². The minimum atomic E-state index is -0.472. The van der Waals surface area contributed by atoms with Crippen LogP contribution in [0.15, 0.2) is 53.2 Å². The Hall–Kier alpha value is -2.50. The number of benzene rings is 2. The van der Waals surface area contributed by atoms with Gasteiger partial charge in [0.15, 0.2) is 11.4 Å². The van der Waals surface area contributed by atoms with Gasteiger partial charge in [-0.3, -0.25) is 9.59 Å². The minimum absolute atomic E-state index is 0.146. The van der Waals surface area contributed by atoms with Crippen LogP contribution in [0.4, 0.5) is 0 Å². The Kier molecular flexibility index (Phi) is 4.23. The molecule has 0 fully saturated rings. The van der Waals surface area contributed by atoms with Crippen LogP contribution in [0.2, 0.25) is 10.0 Å². The fourth-order valence-electron chi connectivity index (χ4n) is 1.96. The monoisotopic (exact) mass is 346 g/mol. The lowest BCUT2D eigenvalue weighted by Gasteiger charge is -2.00. The molecule has 0 aliphatic rings. The third-order valence-corrected chi connectivity index (χ3v) is 3.64. The second-order valence-electron chi connectivity index (χ2n) is 4.63. The van der Waals surface area contributed by atoms with Gasteiger partial charge in [0.05, 0.1) is 0 Å². The van der Waals surface area contributed by atoms with E-state index in [0.717, 1.165) is 0 Å². The SMILES string of the molecule is O=C(c1ccc(Cl)cc1)c1nonc1C(=O)c1ccc(Cl)cc1. The standard InChI is InChI=1S/C16H8Cl2N2O3/c17-11-5-1-9(2-6-11)15(21)13-14(20-23-19-13)16(22)10-3-7-12(18)8-4-10/h1-8H. The number of ketones is 2. The Morgan fingerprint density at radius 1 is 0.696 bits per heavy atom. The van der Waals surface area contributed by atoms with Gasteiger partial charge < -0.3 is 0 Å². The second kappa shape index (κ2) is 6.32. The molecule has 23 heavy (non-hydrogen) atoms. The fraction of sp³-hybridized carbons (Fsp3) is 0. The summed E-state index contributed by atoms with van der Waals surface area (Å²) in [5.41, 5.74) is 0.366. The number of carbonyl (C=O) groups excluding carboxylic acids is 2. The number of hydrogen-bond donors (Lipinski definition) is 0. The van der Waals surface area contributed by atoms with Crippen molar-refractivity contribution in [3.8, 4) is 0 Å². The molecule has 2 aromatic carbocycles. The highest BCUT2D eigenvalue weighted by molar-refractivity contribution is 6.31. The third-order valence-electron chi connectivity index (χ3n) is 3.13. The van der Waals surface area contributed by atoms with Crippen LogP contribution >= 0.6 is 23.2 Å². The van der Waals surface area contributed by atoms with Crippen molar-refractivity contribution < 1.29 is 14.2 Å². The predicted molar refractivity (Wildman–Crippen MR) is 84.1 cm³/mol. The molecular formula is C16H8Cl2N2O3. The van der Waals surface area contributed by atoms with Crippen molar-refractivity contribution in [3.05, 3.63) is 81.1 Å². The molecule has 0 aliphatic heterocycles. The Morgan fingerprint density at radius 3 is 1.39 bits per heavy atom. The molecule has 0 saturated carbocycles. The summed E-state index contributed by atoms with van der Waals surface area (Å²) in [6, 6.07) is 12.4. The number of aromatic nitrogens is 2. The first kappa shape index (κ1) is 15.4. The smallest absolute Gasteiger partial charge is 0.217 e. The Bertz CT molecular complexity index is 799. The van der Waals surface area contributed by atoms with E-state index in [1.165, 1.54) is 24.3 Å². The molecule has 0 bridgehead atoms. The minimum Gasteiger partial charge on any atom is -0.287 e. The molecule has 0 spiro atoms. The van der Waals surface area contributed by atoms with Crippen molar-refractivity contribution in [1.82, 2.24) is 10.3 Å². The lowest BCUT2D eigenvalue weighted by molar-refractivity contribution is 0.0998. The van der Waals surface area contributed by atoms with E-state index >= 15 is 0 Å². The van der Waals surface area contributed by atoms with Crippen molar-refractivity contribution in [2.45, 2.75) is 0 Å². The van der Waals surface area contributed by atoms with Gasteiger partial charge in [-0.2, -0.15) is 0 Å². The van der Waals surface area contributed by atoms with Crippen LogP contribution in [0.5, 0.6) is 0 Å². The molecule has 0 amide bonds. The normalized spacial score (nSPS) is 10.5. The molecule has 1 heterocycles. The maximum atomic E-state index is 12.5. The van der Waals surface area contributed by atoms with E-state index in [2.05, 4.69) is 14.9 Å². The Morgan fingerprint density at radius 2 is 1.04 bits per heavy atom. The highest BCUT2D eigenvalue weighted by Gasteiger charge is 2.25. The van der Waals surface area contributed by atoms with E-state index in [4.69, 9.17) is 23.2 Å². The van der Waals surface area contributed by atoms with E-state index in [1.54, 1.807) is 24.3 Å². The van der Waals surface area contributed by atoms with Crippen molar-refractivity contribution in [1.29, 1.82) is 0 Å². The number of rotatable bonds is 4. The average molecular weight is 347 g/mol. The zero-order valence-electron chi connectivity index (χ0n) is 11.5. The van der Waals surface area contributed by atoms with E-state index in [0.29, 0.717) is 21.2 Å². The third kappa shape index (κ3) is 3.16. The van der Waals surface area contributed by atoms with Crippen molar-refractivity contribution in [3.63, 3.8) is 0 Å². The molecule has 3 rings (SSSR count). The molecule has 0 atom stereocenters. The highest BCUT2D eigenvalue weighted by atomic mass is 35.5. The molecule has 0 saturated heterocycles. The van der Waals surface area contributed by atoms with Gasteiger partial charge in [0.25, 0.3) is 0 Å². The van der Waals surface area contributed by atoms with Crippen LogP contribution < -0.4 is 0 Å². The maximum Gasteiger partial charge on any atom is 0.217 e. The van der Waals surface area contributed by atoms with Gasteiger partial charge in [0, 0.05) is 21.2 Å². The van der Waals surface area contributed by atoms with Gasteiger partial charge in [-0.1, -0.05) is 23.2 Å². The largest absolute Gasteiger partial charge is 0.287 e. The van der Waals surface area contributed by atoms with Crippen LogP contribution in [-0.4, -0.2) is 21.9 Å². The Labute approximate surface area is 140 Å². The van der Waals surface area contributed by atoms with Crippen LogP contribution in [0, 0.1) is 0 Å². The lowest BCUT2D eigenvalue weighted by Crippen LogP contribution is -2.11. The van der Waals surface area contributed by atoms with Gasteiger partial charge in [-0.15, -0.1) is 0 Å².